The molecular weight excluding hydrogens is 238 g/mol. The van der Waals surface area contributed by atoms with Gasteiger partial charge in [-0.25, -0.2) is 0 Å². The van der Waals surface area contributed by atoms with Gasteiger partial charge in [0.25, 0.3) is 0 Å². The highest BCUT2D eigenvalue weighted by atomic mass is 16.5. The molecule has 0 aliphatic rings. The molecule has 0 saturated carbocycles. The van der Waals surface area contributed by atoms with Crippen LogP contribution < -0.4 is 14.8 Å². The molecule has 0 saturated heterocycles. The van der Waals surface area contributed by atoms with Crippen molar-refractivity contribution in [3.05, 3.63) is 18.2 Å². The number of phenolic OH excluding ortho intramolecular Hbond substituents is 1. The summed E-state index contributed by atoms with van der Waals surface area (Å²) in [4.78, 5) is 11.2. The quantitative estimate of drug-likeness (QED) is 0.651. The van der Waals surface area contributed by atoms with Crippen LogP contribution in [0.4, 0.5) is 0 Å². The van der Waals surface area contributed by atoms with E-state index in [9.17, 15) is 9.90 Å². The standard InChI is InChI=1S/C12H17NO5/c1-17-11-8-9(2-3-10(11)15)18-7-4-12(16)13-5-6-14/h2-3,8,14-15H,4-7H2,1H3,(H,13,16). The molecule has 3 N–H and O–H groups in total. The van der Waals surface area contributed by atoms with Crippen molar-refractivity contribution in [1.29, 1.82) is 0 Å². The van der Waals surface area contributed by atoms with Gasteiger partial charge < -0.3 is 25.0 Å². The lowest BCUT2D eigenvalue weighted by atomic mass is 10.3. The van der Waals surface area contributed by atoms with Crippen molar-refractivity contribution < 1.29 is 24.5 Å². The second kappa shape index (κ2) is 7.39. The van der Waals surface area contributed by atoms with E-state index in [0.29, 0.717) is 11.5 Å². The van der Waals surface area contributed by atoms with Gasteiger partial charge >= 0.3 is 0 Å². The number of carbonyl (C=O) groups excluding carboxylic acids is 1. The number of ether oxygens (including phenoxy) is 2. The average molecular weight is 255 g/mol. The van der Waals surface area contributed by atoms with Crippen LogP contribution in [0.5, 0.6) is 17.2 Å². The molecule has 0 atom stereocenters. The van der Waals surface area contributed by atoms with Crippen LogP contribution in [-0.4, -0.2) is 43.0 Å². The van der Waals surface area contributed by atoms with Crippen molar-refractivity contribution >= 4 is 5.91 Å². The molecule has 1 aromatic carbocycles. The fraction of sp³-hybridized carbons (Fsp3) is 0.417. The highest BCUT2D eigenvalue weighted by Crippen LogP contribution is 2.29. The van der Waals surface area contributed by atoms with Gasteiger partial charge in [0.2, 0.25) is 5.91 Å². The first kappa shape index (κ1) is 14.1. The van der Waals surface area contributed by atoms with Crippen LogP contribution in [0.25, 0.3) is 0 Å². The molecular formula is C12H17NO5. The molecule has 6 heteroatoms. The second-order valence-corrected chi connectivity index (χ2v) is 3.51. The molecule has 0 unspecified atom stereocenters. The first-order valence-corrected chi connectivity index (χ1v) is 5.54. The van der Waals surface area contributed by atoms with Gasteiger partial charge in [-0.2, -0.15) is 0 Å². The highest BCUT2D eigenvalue weighted by molar-refractivity contribution is 5.75. The minimum absolute atomic E-state index is 0.0329. The number of phenols is 1. The van der Waals surface area contributed by atoms with E-state index in [0.717, 1.165) is 0 Å². The van der Waals surface area contributed by atoms with E-state index < -0.39 is 0 Å². The third-order valence-electron chi connectivity index (χ3n) is 2.18. The van der Waals surface area contributed by atoms with Gasteiger partial charge in [-0.05, 0) is 12.1 Å². The Balaban J connectivity index is 2.37. The van der Waals surface area contributed by atoms with E-state index in [1.807, 2.05) is 0 Å². The number of methoxy groups -OCH3 is 1. The summed E-state index contributed by atoms with van der Waals surface area (Å²) in [5.41, 5.74) is 0. The Bertz CT molecular complexity index is 394. The zero-order valence-electron chi connectivity index (χ0n) is 10.2. The van der Waals surface area contributed by atoms with Crippen molar-refractivity contribution in [2.75, 3.05) is 26.9 Å². The van der Waals surface area contributed by atoms with Crippen LogP contribution >= 0.6 is 0 Å². The first-order chi connectivity index (χ1) is 8.67. The van der Waals surface area contributed by atoms with Gasteiger partial charge in [0, 0.05) is 12.6 Å². The average Bonchev–Trinajstić information content (AvgIpc) is 2.38. The van der Waals surface area contributed by atoms with Crippen LogP contribution in [0, 0.1) is 0 Å². The maximum atomic E-state index is 11.2. The number of nitrogens with one attached hydrogen (secondary N) is 1. The Morgan fingerprint density at radius 2 is 2.22 bits per heavy atom. The van der Waals surface area contributed by atoms with Crippen molar-refractivity contribution in [3.63, 3.8) is 0 Å². The number of hydrogen-bond acceptors (Lipinski definition) is 5. The van der Waals surface area contributed by atoms with Gasteiger partial charge in [0.1, 0.15) is 5.75 Å². The molecule has 0 bridgehead atoms. The molecule has 6 nitrogen and oxygen atoms in total. The predicted octanol–water partition coefficient (Wildman–Crippen LogP) is 0.278. The zero-order chi connectivity index (χ0) is 13.4. The number of amides is 1. The van der Waals surface area contributed by atoms with E-state index in [-0.39, 0.29) is 37.8 Å². The molecule has 0 aliphatic heterocycles. The summed E-state index contributed by atoms with van der Waals surface area (Å²) >= 11 is 0. The van der Waals surface area contributed by atoms with E-state index in [4.69, 9.17) is 14.6 Å². The van der Waals surface area contributed by atoms with Crippen LogP contribution in [-0.2, 0) is 4.79 Å². The number of rotatable bonds is 7. The molecule has 0 spiro atoms. The maximum absolute atomic E-state index is 11.2. The van der Waals surface area contributed by atoms with Gasteiger partial charge in [-0.3, -0.25) is 4.79 Å². The minimum Gasteiger partial charge on any atom is -0.504 e. The summed E-state index contributed by atoms with van der Waals surface area (Å²) in [5, 5.41) is 20.4. The lowest BCUT2D eigenvalue weighted by Gasteiger charge is -2.09. The normalized spacial score (nSPS) is 9.89. The number of aliphatic hydroxyl groups excluding tert-OH is 1. The van der Waals surface area contributed by atoms with Crippen molar-refractivity contribution in [2.45, 2.75) is 6.42 Å². The third kappa shape index (κ3) is 4.50. The van der Waals surface area contributed by atoms with E-state index >= 15 is 0 Å². The van der Waals surface area contributed by atoms with Gasteiger partial charge in [-0.15, -0.1) is 0 Å². The summed E-state index contributed by atoms with van der Waals surface area (Å²) in [5.74, 6) is 0.678. The molecule has 1 amide bonds. The summed E-state index contributed by atoms with van der Waals surface area (Å²) in [6, 6.07) is 4.59. The summed E-state index contributed by atoms with van der Waals surface area (Å²) < 4.78 is 10.3. The Labute approximate surface area is 105 Å². The minimum atomic E-state index is -0.185. The van der Waals surface area contributed by atoms with Crippen molar-refractivity contribution in [3.8, 4) is 17.2 Å². The largest absolute Gasteiger partial charge is 0.504 e. The number of aromatic hydroxyl groups is 1. The molecule has 0 heterocycles. The second-order valence-electron chi connectivity index (χ2n) is 3.51. The number of hydrogen-bond donors (Lipinski definition) is 3. The SMILES string of the molecule is COc1cc(OCCC(=O)NCCO)ccc1O. The Morgan fingerprint density at radius 1 is 1.44 bits per heavy atom. The maximum Gasteiger partial charge on any atom is 0.223 e. The lowest BCUT2D eigenvalue weighted by Crippen LogP contribution is -2.27. The zero-order valence-corrected chi connectivity index (χ0v) is 10.2. The first-order valence-electron chi connectivity index (χ1n) is 5.54. The smallest absolute Gasteiger partial charge is 0.223 e. The lowest BCUT2D eigenvalue weighted by molar-refractivity contribution is -0.121. The van der Waals surface area contributed by atoms with Gasteiger partial charge in [0.05, 0.1) is 26.7 Å². The van der Waals surface area contributed by atoms with Crippen LogP contribution in [0.2, 0.25) is 0 Å². The van der Waals surface area contributed by atoms with Crippen molar-refractivity contribution in [2.24, 2.45) is 0 Å². The van der Waals surface area contributed by atoms with Crippen LogP contribution in [0.1, 0.15) is 6.42 Å². The van der Waals surface area contributed by atoms with Crippen LogP contribution in [0.3, 0.4) is 0 Å². The predicted molar refractivity (Wildman–Crippen MR) is 64.9 cm³/mol. The molecule has 1 rings (SSSR count). The number of benzene rings is 1. The summed E-state index contributed by atoms with van der Waals surface area (Å²) in [7, 11) is 1.45. The van der Waals surface area contributed by atoms with Gasteiger partial charge in [0.15, 0.2) is 11.5 Å². The molecule has 0 aromatic heterocycles. The Morgan fingerprint density at radius 3 is 2.89 bits per heavy atom. The monoisotopic (exact) mass is 255 g/mol. The topological polar surface area (TPSA) is 88.0 Å². The fourth-order valence-corrected chi connectivity index (χ4v) is 1.29. The molecule has 0 fully saturated rings. The molecule has 18 heavy (non-hydrogen) atoms. The van der Waals surface area contributed by atoms with E-state index in [2.05, 4.69) is 5.32 Å². The molecule has 0 aliphatic carbocycles. The van der Waals surface area contributed by atoms with E-state index in [1.54, 1.807) is 12.1 Å². The van der Waals surface area contributed by atoms with Crippen LogP contribution in [0.15, 0.2) is 18.2 Å². The summed E-state index contributed by atoms with van der Waals surface area (Å²) in [6.45, 7) is 0.374. The Hall–Kier alpha value is -1.95. The third-order valence-corrected chi connectivity index (χ3v) is 2.18. The van der Waals surface area contributed by atoms with Gasteiger partial charge in [-0.1, -0.05) is 0 Å². The highest BCUT2D eigenvalue weighted by Gasteiger charge is 2.05. The van der Waals surface area contributed by atoms with E-state index in [1.165, 1.54) is 13.2 Å². The molecule has 0 radical (unpaired) electrons. The summed E-state index contributed by atoms with van der Waals surface area (Å²) in [6.07, 6.45) is 0.198. The molecule has 1 aromatic rings. The fourth-order valence-electron chi connectivity index (χ4n) is 1.29. The number of aliphatic hydroxyl groups is 1. The van der Waals surface area contributed by atoms with Crippen molar-refractivity contribution in [1.82, 2.24) is 5.32 Å². The Kier molecular flexibility index (Phi) is 5.79. The molecule has 100 valence electrons. The number of carbonyl (C=O) groups is 1.